The topological polar surface area (TPSA) is 47.6 Å². The number of hydrogen-bond donors (Lipinski definition) is 1. The molecule has 24 heavy (non-hydrogen) atoms. The molecule has 0 bridgehead atoms. The predicted molar refractivity (Wildman–Crippen MR) is 94.3 cm³/mol. The van der Waals surface area contributed by atoms with E-state index in [9.17, 15) is 4.79 Å². The Morgan fingerprint density at radius 2 is 1.92 bits per heavy atom. The third kappa shape index (κ3) is 3.75. The SMILES string of the molecule is COc1ccccc1C1(CNC(=O)C2CCCCC2)CCOCC1. The van der Waals surface area contributed by atoms with Crippen molar-refractivity contribution >= 4 is 5.91 Å². The molecule has 1 aromatic carbocycles. The summed E-state index contributed by atoms with van der Waals surface area (Å²) in [7, 11) is 1.71. The Balaban J connectivity index is 1.75. The van der Waals surface area contributed by atoms with E-state index in [4.69, 9.17) is 9.47 Å². The summed E-state index contributed by atoms with van der Waals surface area (Å²) in [6, 6.07) is 8.19. The number of rotatable bonds is 5. The molecule has 1 saturated heterocycles. The number of ether oxygens (including phenoxy) is 2. The lowest BCUT2D eigenvalue weighted by atomic mass is 9.73. The summed E-state index contributed by atoms with van der Waals surface area (Å²) < 4.78 is 11.2. The normalized spacial score (nSPS) is 21.2. The lowest BCUT2D eigenvalue weighted by Crippen LogP contribution is -2.46. The fraction of sp³-hybridized carbons (Fsp3) is 0.650. The van der Waals surface area contributed by atoms with Gasteiger partial charge in [0.15, 0.2) is 0 Å². The number of amides is 1. The molecule has 0 spiro atoms. The molecule has 132 valence electrons. The monoisotopic (exact) mass is 331 g/mol. The van der Waals surface area contributed by atoms with Crippen LogP contribution < -0.4 is 10.1 Å². The van der Waals surface area contributed by atoms with Gasteiger partial charge in [0.1, 0.15) is 5.75 Å². The van der Waals surface area contributed by atoms with E-state index in [2.05, 4.69) is 17.4 Å². The van der Waals surface area contributed by atoms with Gasteiger partial charge in [0.05, 0.1) is 7.11 Å². The van der Waals surface area contributed by atoms with Crippen LogP contribution in [0.1, 0.15) is 50.5 Å². The molecule has 1 aromatic rings. The van der Waals surface area contributed by atoms with Crippen LogP contribution in [0.5, 0.6) is 5.75 Å². The van der Waals surface area contributed by atoms with E-state index in [1.807, 2.05) is 12.1 Å². The summed E-state index contributed by atoms with van der Waals surface area (Å²) in [6.07, 6.45) is 7.54. The van der Waals surface area contributed by atoms with Gasteiger partial charge in [-0.1, -0.05) is 37.5 Å². The Morgan fingerprint density at radius 1 is 1.21 bits per heavy atom. The van der Waals surface area contributed by atoms with Crippen LogP contribution in [0, 0.1) is 5.92 Å². The minimum Gasteiger partial charge on any atom is -0.496 e. The van der Waals surface area contributed by atoms with E-state index in [1.54, 1.807) is 7.11 Å². The molecular formula is C20H29NO3. The minimum absolute atomic E-state index is 0.0881. The molecular weight excluding hydrogens is 302 g/mol. The average molecular weight is 331 g/mol. The first kappa shape index (κ1) is 17.3. The molecule has 4 nitrogen and oxygen atoms in total. The minimum atomic E-state index is -0.0881. The van der Waals surface area contributed by atoms with E-state index in [1.165, 1.54) is 24.8 Å². The Labute approximate surface area is 144 Å². The van der Waals surface area contributed by atoms with Gasteiger partial charge in [0.2, 0.25) is 5.91 Å². The van der Waals surface area contributed by atoms with Gasteiger partial charge in [0.25, 0.3) is 0 Å². The van der Waals surface area contributed by atoms with Crippen LogP contribution in [0.2, 0.25) is 0 Å². The average Bonchev–Trinajstić information content (AvgIpc) is 2.67. The van der Waals surface area contributed by atoms with Crippen molar-refractivity contribution in [1.29, 1.82) is 0 Å². The summed E-state index contributed by atoms with van der Waals surface area (Å²) in [5.41, 5.74) is 1.11. The quantitative estimate of drug-likeness (QED) is 0.899. The standard InChI is InChI=1S/C20H29NO3/c1-23-18-10-6-5-9-17(18)20(11-13-24-14-12-20)15-21-19(22)16-7-3-2-4-8-16/h5-6,9-10,16H,2-4,7-8,11-15H2,1H3,(H,21,22). The molecule has 0 radical (unpaired) electrons. The largest absolute Gasteiger partial charge is 0.496 e. The van der Waals surface area contributed by atoms with Gasteiger partial charge in [-0.25, -0.2) is 0 Å². The van der Waals surface area contributed by atoms with Gasteiger partial charge in [-0.05, 0) is 31.7 Å². The first-order valence-electron chi connectivity index (χ1n) is 9.24. The van der Waals surface area contributed by atoms with Crippen LogP contribution in [-0.4, -0.2) is 32.8 Å². The number of carbonyl (C=O) groups is 1. The van der Waals surface area contributed by atoms with Crippen LogP contribution in [0.25, 0.3) is 0 Å². The predicted octanol–water partition coefficient (Wildman–Crippen LogP) is 3.44. The molecule has 3 rings (SSSR count). The summed E-state index contributed by atoms with van der Waals surface area (Å²) in [6.45, 7) is 2.14. The second kappa shape index (κ2) is 8.02. The van der Waals surface area contributed by atoms with Gasteiger partial charge < -0.3 is 14.8 Å². The van der Waals surface area contributed by atoms with E-state index >= 15 is 0 Å². The number of methoxy groups -OCH3 is 1. The summed E-state index contributed by atoms with van der Waals surface area (Å²) in [5.74, 6) is 1.34. The maximum absolute atomic E-state index is 12.6. The highest BCUT2D eigenvalue weighted by molar-refractivity contribution is 5.78. The highest BCUT2D eigenvalue weighted by Gasteiger charge is 2.37. The Hall–Kier alpha value is -1.55. The fourth-order valence-corrected chi connectivity index (χ4v) is 4.15. The third-order valence-corrected chi connectivity index (χ3v) is 5.71. The third-order valence-electron chi connectivity index (χ3n) is 5.71. The van der Waals surface area contributed by atoms with E-state index in [0.29, 0.717) is 6.54 Å². The first-order valence-corrected chi connectivity index (χ1v) is 9.24. The van der Waals surface area contributed by atoms with Gasteiger partial charge in [0, 0.05) is 36.7 Å². The maximum atomic E-state index is 12.6. The molecule has 0 aromatic heterocycles. The summed E-state index contributed by atoms with van der Waals surface area (Å²) in [5, 5.41) is 3.26. The molecule has 1 saturated carbocycles. The lowest BCUT2D eigenvalue weighted by molar-refractivity contribution is -0.126. The van der Waals surface area contributed by atoms with Crippen LogP contribution in [0.4, 0.5) is 0 Å². The molecule has 1 heterocycles. The van der Waals surface area contributed by atoms with E-state index < -0.39 is 0 Å². The molecule has 1 amide bonds. The van der Waals surface area contributed by atoms with Crippen molar-refractivity contribution in [1.82, 2.24) is 5.32 Å². The van der Waals surface area contributed by atoms with E-state index in [-0.39, 0.29) is 17.2 Å². The van der Waals surface area contributed by atoms with Crippen molar-refractivity contribution in [3.63, 3.8) is 0 Å². The zero-order chi connectivity index (χ0) is 16.8. The van der Waals surface area contributed by atoms with Gasteiger partial charge in [-0.15, -0.1) is 0 Å². The van der Waals surface area contributed by atoms with Gasteiger partial charge in [-0.3, -0.25) is 4.79 Å². The second-order valence-electron chi connectivity index (χ2n) is 7.15. The first-order chi connectivity index (χ1) is 11.7. The molecule has 0 unspecified atom stereocenters. The Bertz CT molecular complexity index is 546. The summed E-state index contributed by atoms with van der Waals surface area (Å²) >= 11 is 0. The van der Waals surface area contributed by atoms with Crippen LogP contribution in [-0.2, 0) is 14.9 Å². The molecule has 2 fully saturated rings. The fourth-order valence-electron chi connectivity index (χ4n) is 4.15. The molecule has 1 aliphatic carbocycles. The number of carbonyl (C=O) groups excluding carboxylic acids is 1. The molecule has 1 aliphatic heterocycles. The molecule has 4 heteroatoms. The molecule has 0 atom stereocenters. The number of nitrogens with one attached hydrogen (secondary N) is 1. The molecule has 2 aliphatic rings. The van der Waals surface area contributed by atoms with Crippen molar-refractivity contribution in [2.45, 2.75) is 50.4 Å². The zero-order valence-corrected chi connectivity index (χ0v) is 14.7. The van der Waals surface area contributed by atoms with Gasteiger partial charge in [-0.2, -0.15) is 0 Å². The zero-order valence-electron chi connectivity index (χ0n) is 14.7. The summed E-state index contributed by atoms with van der Waals surface area (Å²) in [4.78, 5) is 12.6. The second-order valence-corrected chi connectivity index (χ2v) is 7.15. The Morgan fingerprint density at radius 3 is 2.62 bits per heavy atom. The lowest BCUT2D eigenvalue weighted by Gasteiger charge is -2.39. The van der Waals surface area contributed by atoms with Crippen molar-refractivity contribution in [2.75, 3.05) is 26.9 Å². The van der Waals surface area contributed by atoms with Crippen molar-refractivity contribution < 1.29 is 14.3 Å². The van der Waals surface area contributed by atoms with Crippen molar-refractivity contribution in [2.24, 2.45) is 5.92 Å². The van der Waals surface area contributed by atoms with Crippen molar-refractivity contribution in [3.8, 4) is 5.75 Å². The highest BCUT2D eigenvalue weighted by Crippen LogP contribution is 2.39. The van der Waals surface area contributed by atoms with Crippen LogP contribution in [0.15, 0.2) is 24.3 Å². The van der Waals surface area contributed by atoms with Crippen LogP contribution in [0.3, 0.4) is 0 Å². The van der Waals surface area contributed by atoms with E-state index in [0.717, 1.165) is 44.6 Å². The highest BCUT2D eigenvalue weighted by atomic mass is 16.5. The number of benzene rings is 1. The van der Waals surface area contributed by atoms with Gasteiger partial charge >= 0.3 is 0 Å². The smallest absolute Gasteiger partial charge is 0.223 e. The number of para-hydroxylation sites is 1. The Kier molecular flexibility index (Phi) is 5.77. The van der Waals surface area contributed by atoms with Crippen LogP contribution >= 0.6 is 0 Å². The molecule has 1 N–H and O–H groups in total. The van der Waals surface area contributed by atoms with Crippen molar-refractivity contribution in [3.05, 3.63) is 29.8 Å². The number of hydrogen-bond acceptors (Lipinski definition) is 3. The maximum Gasteiger partial charge on any atom is 0.223 e.